The number of carbonyl (C=O) groups is 2. The molecule has 2 N–H and O–H groups in total. The van der Waals surface area contributed by atoms with E-state index >= 15 is 0 Å². The van der Waals surface area contributed by atoms with Crippen molar-refractivity contribution < 1.29 is 19.1 Å². The molecule has 0 spiro atoms. The molecule has 0 saturated heterocycles. The zero-order valence-corrected chi connectivity index (χ0v) is 19.4. The number of hydrogen-bond donors (Lipinski definition) is 2. The third kappa shape index (κ3) is 6.89. The number of ether oxygens (including phenoxy) is 2. The quantitative estimate of drug-likeness (QED) is 0.458. The monoisotopic (exact) mass is 458 g/mol. The van der Waals surface area contributed by atoms with Gasteiger partial charge in [-0.1, -0.05) is 55.3 Å². The van der Waals surface area contributed by atoms with Crippen LogP contribution in [-0.2, 0) is 11.2 Å². The molecule has 1 fully saturated rings. The first kappa shape index (κ1) is 23.9. The van der Waals surface area contributed by atoms with Crippen molar-refractivity contribution in [3.05, 3.63) is 58.6 Å². The van der Waals surface area contributed by atoms with Gasteiger partial charge in [-0.25, -0.2) is 0 Å². The van der Waals surface area contributed by atoms with Crippen LogP contribution in [0.4, 0.5) is 0 Å². The van der Waals surface area contributed by atoms with E-state index in [0.717, 1.165) is 31.2 Å². The van der Waals surface area contributed by atoms with Crippen molar-refractivity contribution in [1.82, 2.24) is 10.6 Å². The molecule has 2 aromatic rings. The number of amides is 2. The van der Waals surface area contributed by atoms with Gasteiger partial charge in [-0.3, -0.25) is 9.59 Å². The molecule has 0 aliphatic heterocycles. The molecule has 7 heteroatoms. The van der Waals surface area contributed by atoms with Crippen LogP contribution in [0.1, 0.15) is 55.5 Å². The standard InChI is InChI=1S/C25H31ClN2O4/c1-3-5-13-32-23-20(26)15-18(16-22(23)31-4-2)24(29)28-21(25(30)27-19-11-12-19)14-17-9-7-6-8-10-17/h6-10,15-16,19,21H,3-5,11-14H2,1-2H3,(H,27,30)(H,28,29). The minimum atomic E-state index is -0.694. The number of unbranched alkanes of at least 4 members (excludes halogenated alkanes) is 1. The zero-order valence-electron chi connectivity index (χ0n) is 18.7. The van der Waals surface area contributed by atoms with Crippen molar-refractivity contribution >= 4 is 23.4 Å². The lowest BCUT2D eigenvalue weighted by atomic mass is 10.0. The molecule has 0 bridgehead atoms. The molecular weight excluding hydrogens is 428 g/mol. The summed E-state index contributed by atoms with van der Waals surface area (Å²) in [5.41, 5.74) is 1.29. The largest absolute Gasteiger partial charge is 0.490 e. The predicted molar refractivity (Wildman–Crippen MR) is 126 cm³/mol. The van der Waals surface area contributed by atoms with E-state index in [2.05, 4.69) is 17.6 Å². The van der Waals surface area contributed by atoms with Crippen LogP contribution in [0.3, 0.4) is 0 Å². The summed E-state index contributed by atoms with van der Waals surface area (Å²) >= 11 is 6.43. The number of halogens is 1. The van der Waals surface area contributed by atoms with Gasteiger partial charge in [0.1, 0.15) is 6.04 Å². The third-order valence-corrected chi connectivity index (χ3v) is 5.42. The van der Waals surface area contributed by atoms with Gasteiger partial charge in [-0.2, -0.15) is 0 Å². The Morgan fingerprint density at radius 1 is 1.12 bits per heavy atom. The highest BCUT2D eigenvalue weighted by Crippen LogP contribution is 2.37. The van der Waals surface area contributed by atoms with E-state index in [4.69, 9.17) is 21.1 Å². The van der Waals surface area contributed by atoms with E-state index in [-0.39, 0.29) is 17.9 Å². The Morgan fingerprint density at radius 2 is 1.88 bits per heavy atom. The van der Waals surface area contributed by atoms with Crippen LogP contribution in [0.2, 0.25) is 5.02 Å². The summed E-state index contributed by atoms with van der Waals surface area (Å²) < 4.78 is 11.5. The lowest BCUT2D eigenvalue weighted by molar-refractivity contribution is -0.123. The maximum atomic E-state index is 13.1. The van der Waals surface area contributed by atoms with Crippen LogP contribution < -0.4 is 20.1 Å². The molecule has 1 unspecified atom stereocenters. The fourth-order valence-electron chi connectivity index (χ4n) is 3.25. The Hall–Kier alpha value is -2.73. The molecule has 0 aromatic heterocycles. The summed E-state index contributed by atoms with van der Waals surface area (Å²) in [5, 5.41) is 6.17. The van der Waals surface area contributed by atoms with Gasteiger partial charge in [0.2, 0.25) is 5.91 Å². The first-order valence-corrected chi connectivity index (χ1v) is 11.6. The first-order valence-electron chi connectivity index (χ1n) is 11.3. The van der Waals surface area contributed by atoms with Gasteiger partial charge in [0, 0.05) is 18.0 Å². The summed E-state index contributed by atoms with van der Waals surface area (Å²) in [4.78, 5) is 25.9. The summed E-state index contributed by atoms with van der Waals surface area (Å²) in [7, 11) is 0. The van der Waals surface area contributed by atoms with Gasteiger partial charge in [-0.15, -0.1) is 0 Å². The topological polar surface area (TPSA) is 76.7 Å². The van der Waals surface area contributed by atoms with Gasteiger partial charge in [0.05, 0.1) is 18.2 Å². The van der Waals surface area contributed by atoms with E-state index < -0.39 is 6.04 Å². The molecule has 0 radical (unpaired) electrons. The highest BCUT2D eigenvalue weighted by molar-refractivity contribution is 6.32. The van der Waals surface area contributed by atoms with Crippen molar-refractivity contribution in [2.45, 2.75) is 58.0 Å². The third-order valence-electron chi connectivity index (χ3n) is 5.14. The van der Waals surface area contributed by atoms with Crippen LogP contribution in [0, 0.1) is 0 Å². The van der Waals surface area contributed by atoms with Crippen molar-refractivity contribution in [1.29, 1.82) is 0 Å². The highest BCUT2D eigenvalue weighted by atomic mass is 35.5. The molecule has 1 aliphatic carbocycles. The normalized spacial score (nSPS) is 13.8. The molecule has 32 heavy (non-hydrogen) atoms. The molecule has 2 amide bonds. The van der Waals surface area contributed by atoms with Crippen LogP contribution in [-0.4, -0.2) is 37.1 Å². The smallest absolute Gasteiger partial charge is 0.252 e. The molecule has 3 rings (SSSR count). The average molecular weight is 459 g/mol. The van der Waals surface area contributed by atoms with E-state index in [1.807, 2.05) is 37.3 Å². The SMILES string of the molecule is CCCCOc1c(Cl)cc(C(=O)NC(Cc2ccccc2)C(=O)NC2CC2)cc1OCC. The fraction of sp³-hybridized carbons (Fsp3) is 0.440. The Kier molecular flexibility index (Phi) is 8.80. The van der Waals surface area contributed by atoms with E-state index in [1.54, 1.807) is 12.1 Å². The average Bonchev–Trinajstić information content (AvgIpc) is 3.59. The molecule has 1 aliphatic rings. The molecule has 6 nitrogen and oxygen atoms in total. The maximum Gasteiger partial charge on any atom is 0.252 e. The van der Waals surface area contributed by atoms with E-state index in [1.165, 1.54) is 0 Å². The van der Waals surface area contributed by atoms with Gasteiger partial charge < -0.3 is 20.1 Å². The minimum Gasteiger partial charge on any atom is -0.490 e. The Bertz CT molecular complexity index is 916. The van der Waals surface area contributed by atoms with Crippen molar-refractivity contribution in [3.8, 4) is 11.5 Å². The van der Waals surface area contributed by atoms with Gasteiger partial charge in [-0.05, 0) is 43.9 Å². The highest BCUT2D eigenvalue weighted by Gasteiger charge is 2.29. The summed E-state index contributed by atoms with van der Waals surface area (Å²) in [6.45, 7) is 4.86. The number of rotatable bonds is 12. The molecule has 0 heterocycles. The summed E-state index contributed by atoms with van der Waals surface area (Å²) in [5.74, 6) is 0.286. The predicted octanol–water partition coefficient (Wildman–Crippen LogP) is 4.54. The second kappa shape index (κ2) is 11.8. The number of nitrogens with one attached hydrogen (secondary N) is 2. The Labute approximate surface area is 194 Å². The van der Waals surface area contributed by atoms with Crippen molar-refractivity contribution in [2.24, 2.45) is 0 Å². The lowest BCUT2D eigenvalue weighted by Crippen LogP contribution is -2.48. The van der Waals surface area contributed by atoms with Crippen LogP contribution >= 0.6 is 11.6 Å². The zero-order chi connectivity index (χ0) is 22.9. The number of carbonyl (C=O) groups excluding carboxylic acids is 2. The van der Waals surface area contributed by atoms with Crippen LogP contribution in [0.5, 0.6) is 11.5 Å². The second-order valence-electron chi connectivity index (χ2n) is 7.92. The summed E-state index contributed by atoms with van der Waals surface area (Å²) in [6.07, 6.45) is 4.24. The molecule has 1 atom stereocenters. The summed E-state index contributed by atoms with van der Waals surface area (Å²) in [6, 6.07) is 12.3. The number of benzene rings is 2. The van der Waals surface area contributed by atoms with Crippen molar-refractivity contribution in [2.75, 3.05) is 13.2 Å². The Balaban J connectivity index is 1.78. The van der Waals surface area contributed by atoms with Gasteiger partial charge in [0.15, 0.2) is 11.5 Å². The molecule has 172 valence electrons. The molecule has 2 aromatic carbocycles. The second-order valence-corrected chi connectivity index (χ2v) is 8.33. The molecular formula is C25H31ClN2O4. The van der Waals surface area contributed by atoms with Crippen LogP contribution in [0.15, 0.2) is 42.5 Å². The van der Waals surface area contributed by atoms with E-state index in [0.29, 0.717) is 41.7 Å². The van der Waals surface area contributed by atoms with Crippen LogP contribution in [0.25, 0.3) is 0 Å². The molecule has 1 saturated carbocycles. The van der Waals surface area contributed by atoms with Gasteiger partial charge in [0.25, 0.3) is 5.91 Å². The lowest BCUT2D eigenvalue weighted by Gasteiger charge is -2.20. The fourth-order valence-corrected chi connectivity index (χ4v) is 3.52. The number of hydrogen-bond acceptors (Lipinski definition) is 4. The Morgan fingerprint density at radius 3 is 2.53 bits per heavy atom. The first-order chi connectivity index (χ1) is 15.5. The maximum absolute atomic E-state index is 13.1. The van der Waals surface area contributed by atoms with E-state index in [9.17, 15) is 9.59 Å². The van der Waals surface area contributed by atoms with Crippen molar-refractivity contribution in [3.63, 3.8) is 0 Å². The van der Waals surface area contributed by atoms with Gasteiger partial charge >= 0.3 is 0 Å². The minimum absolute atomic E-state index is 0.180.